The number of aromatic nitrogens is 2. The fourth-order valence-corrected chi connectivity index (χ4v) is 3.42. The standard InChI is InChI=1S/C15H23N3O/c1-11-4-2-3-5-14(11)17-15(19)12-6-7-13-8-16-10-18(13)9-12/h8,10-12,14H,2-7,9H2,1H3,(H,17,19)/t11-,12-,14+/m1/s1. The van der Waals surface area contributed by atoms with Crippen LogP contribution in [0.5, 0.6) is 0 Å². The van der Waals surface area contributed by atoms with Gasteiger partial charge in [-0.3, -0.25) is 4.79 Å². The van der Waals surface area contributed by atoms with Crippen molar-refractivity contribution in [3.05, 3.63) is 18.2 Å². The minimum atomic E-state index is 0.121. The highest BCUT2D eigenvalue weighted by atomic mass is 16.2. The quantitative estimate of drug-likeness (QED) is 0.886. The monoisotopic (exact) mass is 261 g/mol. The van der Waals surface area contributed by atoms with Crippen molar-refractivity contribution < 1.29 is 4.79 Å². The molecule has 0 bridgehead atoms. The molecule has 3 rings (SSSR count). The molecular formula is C15H23N3O. The first kappa shape index (κ1) is 12.7. The van der Waals surface area contributed by atoms with Gasteiger partial charge >= 0.3 is 0 Å². The van der Waals surface area contributed by atoms with Crippen molar-refractivity contribution in [2.75, 3.05) is 0 Å². The SMILES string of the molecule is C[C@@H]1CCCC[C@@H]1NC(=O)[C@@H]1CCc2cncn2C1. The van der Waals surface area contributed by atoms with Crippen LogP contribution in [0.1, 0.15) is 44.7 Å². The topological polar surface area (TPSA) is 46.9 Å². The molecule has 2 aliphatic rings. The van der Waals surface area contributed by atoms with E-state index >= 15 is 0 Å². The van der Waals surface area contributed by atoms with E-state index in [0.29, 0.717) is 12.0 Å². The van der Waals surface area contributed by atoms with Gasteiger partial charge in [0, 0.05) is 24.5 Å². The number of carbonyl (C=O) groups excluding carboxylic acids is 1. The Morgan fingerprint density at radius 3 is 3.05 bits per heavy atom. The lowest BCUT2D eigenvalue weighted by Crippen LogP contribution is -2.45. The number of rotatable bonds is 2. The lowest BCUT2D eigenvalue weighted by molar-refractivity contribution is -0.127. The van der Waals surface area contributed by atoms with Gasteiger partial charge in [-0.25, -0.2) is 4.98 Å². The van der Waals surface area contributed by atoms with Gasteiger partial charge in [0.2, 0.25) is 5.91 Å². The van der Waals surface area contributed by atoms with E-state index in [-0.39, 0.29) is 11.8 Å². The first-order valence-corrected chi connectivity index (χ1v) is 7.53. The van der Waals surface area contributed by atoms with E-state index in [1.54, 1.807) is 0 Å². The van der Waals surface area contributed by atoms with E-state index in [1.165, 1.54) is 25.0 Å². The molecule has 2 heterocycles. The Kier molecular flexibility index (Phi) is 3.58. The molecule has 4 nitrogen and oxygen atoms in total. The van der Waals surface area contributed by atoms with Gasteiger partial charge in [0.25, 0.3) is 0 Å². The summed E-state index contributed by atoms with van der Waals surface area (Å²) in [5.41, 5.74) is 1.26. The highest BCUT2D eigenvalue weighted by Gasteiger charge is 2.28. The van der Waals surface area contributed by atoms with Gasteiger partial charge in [0.15, 0.2) is 0 Å². The molecule has 0 aromatic carbocycles. The fraction of sp³-hybridized carbons (Fsp3) is 0.733. The van der Waals surface area contributed by atoms with E-state index in [0.717, 1.165) is 25.8 Å². The maximum absolute atomic E-state index is 12.4. The van der Waals surface area contributed by atoms with Gasteiger partial charge in [-0.15, -0.1) is 0 Å². The van der Waals surface area contributed by atoms with E-state index in [9.17, 15) is 4.79 Å². The summed E-state index contributed by atoms with van der Waals surface area (Å²) in [5.74, 6) is 0.999. The number of hydrogen-bond acceptors (Lipinski definition) is 2. The number of nitrogens with zero attached hydrogens (tertiary/aromatic N) is 2. The molecule has 1 aliphatic carbocycles. The van der Waals surface area contributed by atoms with Crippen molar-refractivity contribution in [3.63, 3.8) is 0 Å². The lowest BCUT2D eigenvalue weighted by atomic mass is 9.85. The second-order valence-electron chi connectivity index (χ2n) is 6.15. The predicted octanol–water partition coefficient (Wildman–Crippen LogP) is 2.14. The van der Waals surface area contributed by atoms with Crippen molar-refractivity contribution in [1.82, 2.24) is 14.9 Å². The van der Waals surface area contributed by atoms with Crippen molar-refractivity contribution >= 4 is 5.91 Å². The van der Waals surface area contributed by atoms with Crippen LogP contribution in [0.3, 0.4) is 0 Å². The predicted molar refractivity (Wildman–Crippen MR) is 73.6 cm³/mol. The summed E-state index contributed by atoms with van der Waals surface area (Å²) in [4.78, 5) is 16.6. The molecule has 0 unspecified atom stereocenters. The molecule has 1 aromatic heterocycles. The second kappa shape index (κ2) is 5.35. The van der Waals surface area contributed by atoms with Crippen molar-refractivity contribution in [2.24, 2.45) is 11.8 Å². The largest absolute Gasteiger partial charge is 0.353 e. The Labute approximate surface area is 114 Å². The van der Waals surface area contributed by atoms with Crippen LogP contribution in [-0.2, 0) is 17.8 Å². The number of carbonyl (C=O) groups is 1. The molecule has 1 aromatic rings. The second-order valence-corrected chi connectivity index (χ2v) is 6.15. The summed E-state index contributed by atoms with van der Waals surface area (Å²) < 4.78 is 2.12. The zero-order chi connectivity index (χ0) is 13.2. The molecule has 1 N–H and O–H groups in total. The minimum Gasteiger partial charge on any atom is -0.353 e. The molecule has 0 saturated heterocycles. The Hall–Kier alpha value is -1.32. The zero-order valence-electron chi connectivity index (χ0n) is 11.6. The number of imidazole rings is 1. The van der Waals surface area contributed by atoms with Gasteiger partial charge in [-0.05, 0) is 31.6 Å². The van der Waals surface area contributed by atoms with E-state index < -0.39 is 0 Å². The number of amides is 1. The van der Waals surface area contributed by atoms with Gasteiger partial charge in [-0.1, -0.05) is 19.8 Å². The van der Waals surface area contributed by atoms with Gasteiger partial charge in [0.05, 0.1) is 12.2 Å². The molecule has 19 heavy (non-hydrogen) atoms. The average molecular weight is 261 g/mol. The van der Waals surface area contributed by atoms with E-state index in [2.05, 4.69) is 21.8 Å². The summed E-state index contributed by atoms with van der Waals surface area (Å²) in [6.07, 6.45) is 10.7. The normalized spacial score (nSPS) is 30.7. The first-order valence-electron chi connectivity index (χ1n) is 7.53. The summed E-state index contributed by atoms with van der Waals surface area (Å²) in [6, 6.07) is 0.394. The molecular weight excluding hydrogens is 238 g/mol. The summed E-state index contributed by atoms with van der Waals surface area (Å²) in [7, 11) is 0. The van der Waals surface area contributed by atoms with Crippen LogP contribution >= 0.6 is 0 Å². The third-order valence-corrected chi connectivity index (χ3v) is 4.77. The molecule has 1 fully saturated rings. The van der Waals surface area contributed by atoms with Crippen LogP contribution in [0.25, 0.3) is 0 Å². The number of aryl methyl sites for hydroxylation is 1. The van der Waals surface area contributed by atoms with Gasteiger partial charge in [-0.2, -0.15) is 0 Å². The number of fused-ring (bicyclic) bond motifs is 1. The summed E-state index contributed by atoms with van der Waals surface area (Å²) in [5, 5.41) is 3.29. The van der Waals surface area contributed by atoms with E-state index in [4.69, 9.17) is 0 Å². The van der Waals surface area contributed by atoms with Crippen LogP contribution < -0.4 is 5.32 Å². The van der Waals surface area contributed by atoms with Crippen molar-refractivity contribution in [2.45, 2.75) is 58.0 Å². The minimum absolute atomic E-state index is 0.121. The zero-order valence-corrected chi connectivity index (χ0v) is 11.6. The number of nitrogens with one attached hydrogen (secondary N) is 1. The molecule has 0 spiro atoms. The Morgan fingerprint density at radius 1 is 1.37 bits per heavy atom. The first-order chi connectivity index (χ1) is 9.24. The van der Waals surface area contributed by atoms with Crippen molar-refractivity contribution in [1.29, 1.82) is 0 Å². The third kappa shape index (κ3) is 2.67. The van der Waals surface area contributed by atoms with Crippen LogP contribution in [0.15, 0.2) is 12.5 Å². The molecule has 1 aliphatic heterocycles. The summed E-state index contributed by atoms with van der Waals surface area (Å²) >= 11 is 0. The maximum Gasteiger partial charge on any atom is 0.225 e. The van der Waals surface area contributed by atoms with Crippen LogP contribution in [0.2, 0.25) is 0 Å². The van der Waals surface area contributed by atoms with Crippen molar-refractivity contribution in [3.8, 4) is 0 Å². The molecule has 1 amide bonds. The lowest BCUT2D eigenvalue weighted by Gasteiger charge is -2.32. The third-order valence-electron chi connectivity index (χ3n) is 4.77. The molecule has 104 valence electrons. The Balaban J connectivity index is 1.59. The Bertz CT molecular complexity index is 454. The van der Waals surface area contributed by atoms with E-state index in [1.807, 2.05) is 12.5 Å². The smallest absolute Gasteiger partial charge is 0.225 e. The van der Waals surface area contributed by atoms with Crippen LogP contribution in [0, 0.1) is 11.8 Å². The summed E-state index contributed by atoms with van der Waals surface area (Å²) in [6.45, 7) is 3.06. The maximum atomic E-state index is 12.4. The van der Waals surface area contributed by atoms with Crippen LogP contribution in [-0.4, -0.2) is 21.5 Å². The van der Waals surface area contributed by atoms with Gasteiger partial charge < -0.3 is 9.88 Å². The molecule has 4 heteroatoms. The fourth-order valence-electron chi connectivity index (χ4n) is 3.42. The highest BCUT2D eigenvalue weighted by molar-refractivity contribution is 5.79. The molecule has 3 atom stereocenters. The number of hydrogen-bond donors (Lipinski definition) is 1. The van der Waals surface area contributed by atoms with Gasteiger partial charge in [0.1, 0.15) is 0 Å². The highest BCUT2D eigenvalue weighted by Crippen LogP contribution is 2.25. The molecule has 1 saturated carbocycles. The van der Waals surface area contributed by atoms with Crippen LogP contribution in [0.4, 0.5) is 0 Å². The average Bonchev–Trinajstić information content (AvgIpc) is 2.88. The molecule has 0 radical (unpaired) electrons. The Morgan fingerprint density at radius 2 is 2.21 bits per heavy atom.